The molecule has 1 unspecified atom stereocenters. The maximum absolute atomic E-state index is 12.6. The molecule has 1 saturated heterocycles. The lowest BCUT2D eigenvalue weighted by molar-refractivity contribution is -0.141. The van der Waals surface area contributed by atoms with E-state index in [1.807, 2.05) is 4.90 Å². The Bertz CT molecular complexity index is 513. The number of hydrogen-bond acceptors (Lipinski definition) is 5. The number of carbonyl (C=O) groups excluding carboxylic acids is 2. The van der Waals surface area contributed by atoms with Gasteiger partial charge in [-0.05, 0) is 19.4 Å². The Balaban J connectivity index is 1.89. The normalized spacial score (nSPS) is 16.3. The highest BCUT2D eigenvalue weighted by Crippen LogP contribution is 2.17. The van der Waals surface area contributed by atoms with Crippen molar-refractivity contribution in [1.29, 1.82) is 0 Å². The molecule has 2 heterocycles. The smallest absolute Gasteiger partial charge is 0.233 e. The summed E-state index contributed by atoms with van der Waals surface area (Å²) in [5.74, 6) is 0.203. The molecule has 0 aliphatic carbocycles. The van der Waals surface area contributed by atoms with E-state index in [0.29, 0.717) is 38.5 Å². The van der Waals surface area contributed by atoms with Gasteiger partial charge in [-0.15, -0.1) is 0 Å². The van der Waals surface area contributed by atoms with Crippen LogP contribution in [-0.2, 0) is 9.59 Å². The number of anilines is 1. The molecule has 1 aromatic heterocycles. The van der Waals surface area contributed by atoms with Gasteiger partial charge in [-0.2, -0.15) is 0 Å². The zero-order chi connectivity index (χ0) is 16.7. The zero-order valence-electron chi connectivity index (χ0n) is 14.1. The van der Waals surface area contributed by atoms with Crippen LogP contribution in [0.15, 0.2) is 18.5 Å². The van der Waals surface area contributed by atoms with Crippen LogP contribution in [0.1, 0.15) is 39.5 Å². The quantitative estimate of drug-likeness (QED) is 0.567. The summed E-state index contributed by atoms with van der Waals surface area (Å²) in [5, 5.41) is 0. The van der Waals surface area contributed by atoms with Gasteiger partial charge >= 0.3 is 0 Å². The van der Waals surface area contributed by atoms with Gasteiger partial charge in [0.25, 0.3) is 0 Å². The fourth-order valence-electron chi connectivity index (χ4n) is 2.90. The zero-order valence-corrected chi connectivity index (χ0v) is 14.1. The van der Waals surface area contributed by atoms with Gasteiger partial charge in [0.2, 0.25) is 11.9 Å². The molecule has 0 spiro atoms. The second kappa shape index (κ2) is 8.60. The molecule has 1 atom stereocenters. The van der Waals surface area contributed by atoms with Gasteiger partial charge < -0.3 is 9.80 Å². The predicted molar refractivity (Wildman–Crippen MR) is 89.1 cm³/mol. The van der Waals surface area contributed by atoms with E-state index in [2.05, 4.69) is 21.8 Å². The molecular weight excluding hydrogens is 292 g/mol. The summed E-state index contributed by atoms with van der Waals surface area (Å²) in [6.07, 6.45) is 7.21. The van der Waals surface area contributed by atoms with Crippen LogP contribution in [0.25, 0.3) is 0 Å². The van der Waals surface area contributed by atoms with Gasteiger partial charge in [0.15, 0.2) is 0 Å². The largest absolute Gasteiger partial charge is 0.339 e. The number of piperazine rings is 1. The summed E-state index contributed by atoms with van der Waals surface area (Å²) in [7, 11) is 0. The van der Waals surface area contributed by atoms with Crippen LogP contribution in [0, 0.1) is 5.92 Å². The number of Topliss-reactive ketones (excluding diaryl/α,β-unsaturated/α-hetero) is 1. The second-order valence-electron chi connectivity index (χ2n) is 6.02. The number of hydrogen-bond donors (Lipinski definition) is 0. The summed E-state index contributed by atoms with van der Waals surface area (Å²) in [5.41, 5.74) is 0. The van der Waals surface area contributed by atoms with E-state index in [1.165, 1.54) is 6.92 Å². The Labute approximate surface area is 137 Å². The van der Waals surface area contributed by atoms with Crippen molar-refractivity contribution in [2.75, 3.05) is 31.1 Å². The molecule has 6 nitrogen and oxygen atoms in total. The first-order valence-corrected chi connectivity index (χ1v) is 8.44. The Morgan fingerprint density at radius 2 is 1.78 bits per heavy atom. The molecule has 1 fully saturated rings. The van der Waals surface area contributed by atoms with Gasteiger partial charge in [0, 0.05) is 38.6 Å². The minimum absolute atomic E-state index is 0.0118. The number of ketones is 1. The van der Waals surface area contributed by atoms with Crippen molar-refractivity contribution in [2.45, 2.75) is 39.5 Å². The maximum Gasteiger partial charge on any atom is 0.233 e. The molecule has 1 aliphatic rings. The van der Waals surface area contributed by atoms with E-state index < -0.39 is 5.92 Å². The molecule has 1 aromatic rings. The van der Waals surface area contributed by atoms with E-state index in [4.69, 9.17) is 0 Å². The lowest BCUT2D eigenvalue weighted by atomic mass is 9.95. The number of carbonyl (C=O) groups is 2. The third-order valence-electron chi connectivity index (χ3n) is 4.31. The molecule has 126 valence electrons. The summed E-state index contributed by atoms with van der Waals surface area (Å²) < 4.78 is 0. The van der Waals surface area contributed by atoms with Crippen molar-refractivity contribution < 1.29 is 9.59 Å². The molecule has 6 heteroatoms. The Morgan fingerprint density at radius 1 is 1.13 bits per heavy atom. The highest BCUT2D eigenvalue weighted by Gasteiger charge is 2.30. The first kappa shape index (κ1) is 17.4. The topological polar surface area (TPSA) is 66.4 Å². The van der Waals surface area contributed by atoms with Crippen LogP contribution in [0.2, 0.25) is 0 Å². The fraction of sp³-hybridized carbons (Fsp3) is 0.647. The van der Waals surface area contributed by atoms with Crippen LogP contribution < -0.4 is 4.90 Å². The number of rotatable bonds is 7. The van der Waals surface area contributed by atoms with Gasteiger partial charge in [-0.1, -0.05) is 26.2 Å². The summed E-state index contributed by atoms with van der Waals surface area (Å²) in [4.78, 5) is 36.8. The number of aromatic nitrogens is 2. The molecule has 0 bridgehead atoms. The van der Waals surface area contributed by atoms with Crippen molar-refractivity contribution in [3.63, 3.8) is 0 Å². The van der Waals surface area contributed by atoms with E-state index >= 15 is 0 Å². The monoisotopic (exact) mass is 318 g/mol. The van der Waals surface area contributed by atoms with Crippen LogP contribution in [0.3, 0.4) is 0 Å². The van der Waals surface area contributed by atoms with Crippen LogP contribution in [0.5, 0.6) is 0 Å². The van der Waals surface area contributed by atoms with Crippen LogP contribution in [0.4, 0.5) is 5.95 Å². The van der Waals surface area contributed by atoms with Crippen molar-refractivity contribution >= 4 is 17.6 Å². The first-order valence-electron chi connectivity index (χ1n) is 8.44. The van der Waals surface area contributed by atoms with Crippen LogP contribution >= 0.6 is 0 Å². The average molecular weight is 318 g/mol. The highest BCUT2D eigenvalue weighted by molar-refractivity contribution is 6.00. The highest BCUT2D eigenvalue weighted by atomic mass is 16.2. The first-order chi connectivity index (χ1) is 11.1. The Kier molecular flexibility index (Phi) is 6.50. The minimum Gasteiger partial charge on any atom is -0.339 e. The van der Waals surface area contributed by atoms with E-state index in [-0.39, 0.29) is 11.7 Å². The Hall–Kier alpha value is -1.98. The number of amides is 1. The molecular formula is C17H26N4O2. The van der Waals surface area contributed by atoms with E-state index in [0.717, 1.165) is 19.3 Å². The average Bonchev–Trinajstić information content (AvgIpc) is 2.59. The van der Waals surface area contributed by atoms with Gasteiger partial charge in [0.05, 0.1) is 5.92 Å². The standard InChI is InChI=1S/C17H26N4O2/c1-3-4-5-7-15(14(2)22)16(23)20-10-12-21(13-11-20)17-18-8-6-9-19-17/h6,8-9,15H,3-5,7,10-13H2,1-2H3. The van der Waals surface area contributed by atoms with Crippen LogP contribution in [-0.4, -0.2) is 52.7 Å². The third-order valence-corrected chi connectivity index (χ3v) is 4.31. The molecule has 2 rings (SSSR count). The van der Waals surface area contributed by atoms with Gasteiger partial charge in [0.1, 0.15) is 5.78 Å². The van der Waals surface area contributed by atoms with E-state index in [1.54, 1.807) is 18.5 Å². The molecule has 0 aromatic carbocycles. The molecule has 23 heavy (non-hydrogen) atoms. The minimum atomic E-state index is -0.471. The van der Waals surface area contributed by atoms with Crippen molar-refractivity contribution in [3.05, 3.63) is 18.5 Å². The Morgan fingerprint density at radius 3 is 2.35 bits per heavy atom. The number of unbranched alkanes of at least 4 members (excludes halogenated alkanes) is 2. The second-order valence-corrected chi connectivity index (χ2v) is 6.02. The molecule has 1 amide bonds. The van der Waals surface area contributed by atoms with Gasteiger partial charge in [-0.25, -0.2) is 9.97 Å². The van der Waals surface area contributed by atoms with E-state index in [9.17, 15) is 9.59 Å². The van der Waals surface area contributed by atoms with Crippen molar-refractivity contribution in [1.82, 2.24) is 14.9 Å². The van der Waals surface area contributed by atoms with Crippen molar-refractivity contribution in [3.8, 4) is 0 Å². The number of nitrogens with zero attached hydrogens (tertiary/aromatic N) is 4. The van der Waals surface area contributed by atoms with Crippen molar-refractivity contribution in [2.24, 2.45) is 5.92 Å². The predicted octanol–water partition coefficient (Wildman–Crippen LogP) is 1.91. The molecule has 0 N–H and O–H groups in total. The SMILES string of the molecule is CCCCCC(C(C)=O)C(=O)N1CCN(c2ncccn2)CC1. The lowest BCUT2D eigenvalue weighted by Crippen LogP contribution is -2.51. The summed E-state index contributed by atoms with van der Waals surface area (Å²) in [6, 6.07) is 1.79. The third kappa shape index (κ3) is 4.74. The molecule has 1 aliphatic heterocycles. The van der Waals surface area contributed by atoms with Gasteiger partial charge in [-0.3, -0.25) is 9.59 Å². The fourth-order valence-corrected chi connectivity index (χ4v) is 2.90. The summed E-state index contributed by atoms with van der Waals surface area (Å²) >= 11 is 0. The lowest BCUT2D eigenvalue weighted by Gasteiger charge is -2.36. The molecule has 0 saturated carbocycles. The molecule has 0 radical (unpaired) electrons. The summed E-state index contributed by atoms with van der Waals surface area (Å²) in [6.45, 7) is 6.30. The maximum atomic E-state index is 12.6.